The van der Waals surface area contributed by atoms with Crippen LogP contribution in [0.25, 0.3) is 0 Å². The van der Waals surface area contributed by atoms with Gasteiger partial charge in [-0.1, -0.05) is 0 Å². The van der Waals surface area contributed by atoms with Crippen molar-refractivity contribution in [2.24, 2.45) is 0 Å². The fraction of sp³-hybridized carbons (Fsp3) is 0.556. The number of hydrogen-bond donors (Lipinski definition) is 3. The number of aliphatic hydroxyl groups is 2. The molecule has 0 bridgehead atoms. The summed E-state index contributed by atoms with van der Waals surface area (Å²) in [4.78, 5) is 24.8. The molecule has 1 aliphatic heterocycles. The number of H-pyrrole nitrogens is 1. The van der Waals surface area contributed by atoms with E-state index in [2.05, 4.69) is 20.9 Å². The topological polar surface area (TPSA) is 105 Å². The maximum absolute atomic E-state index is 11.5. The number of aromatic nitrogens is 2. The molecule has 3 N–H and O–H groups in total. The minimum absolute atomic E-state index is 0.184. The number of halogens is 1. The molecule has 1 aromatic heterocycles. The highest BCUT2D eigenvalue weighted by atomic mass is 79.9. The fourth-order valence-electron chi connectivity index (χ4n) is 1.72. The second kappa shape index (κ2) is 4.73. The van der Waals surface area contributed by atoms with Gasteiger partial charge in [-0.25, -0.2) is 4.79 Å². The molecule has 0 saturated carbocycles. The lowest BCUT2D eigenvalue weighted by Gasteiger charge is -2.14. The molecule has 1 aliphatic rings. The van der Waals surface area contributed by atoms with Crippen LogP contribution in [-0.4, -0.2) is 38.6 Å². The molecular weight excluding hydrogens is 298 g/mol. The van der Waals surface area contributed by atoms with Gasteiger partial charge in [0.1, 0.15) is 12.3 Å². The summed E-state index contributed by atoms with van der Waals surface area (Å²) in [7, 11) is 0. The normalized spacial score (nSPS) is 28.5. The van der Waals surface area contributed by atoms with Crippen molar-refractivity contribution in [1.82, 2.24) is 9.55 Å². The fourth-order valence-corrected chi connectivity index (χ4v) is 2.04. The van der Waals surface area contributed by atoms with Crippen molar-refractivity contribution in [2.45, 2.75) is 24.9 Å². The maximum Gasteiger partial charge on any atom is 0.330 e. The summed E-state index contributed by atoms with van der Waals surface area (Å²) >= 11 is 3.00. The van der Waals surface area contributed by atoms with E-state index < -0.39 is 29.7 Å². The summed E-state index contributed by atoms with van der Waals surface area (Å²) in [5.74, 6) is 0. The molecule has 1 aromatic rings. The first-order valence-corrected chi connectivity index (χ1v) is 5.77. The molecule has 0 spiro atoms. The summed E-state index contributed by atoms with van der Waals surface area (Å²) in [6, 6.07) is 0. The first-order valence-electron chi connectivity index (χ1n) is 4.98. The van der Waals surface area contributed by atoms with Gasteiger partial charge < -0.3 is 14.9 Å². The molecule has 2 heterocycles. The molecule has 7 nitrogen and oxygen atoms in total. The molecule has 0 amide bonds. The second-order valence-electron chi connectivity index (χ2n) is 3.76. The van der Waals surface area contributed by atoms with E-state index in [1.54, 1.807) is 0 Å². The highest BCUT2D eigenvalue weighted by Crippen LogP contribution is 2.27. The van der Waals surface area contributed by atoms with Crippen LogP contribution in [0.3, 0.4) is 0 Å². The number of hydrogen-bond acceptors (Lipinski definition) is 5. The Morgan fingerprint density at radius 3 is 3.00 bits per heavy atom. The highest BCUT2D eigenvalue weighted by Gasteiger charge is 2.35. The van der Waals surface area contributed by atoms with Crippen LogP contribution >= 0.6 is 15.9 Å². The van der Waals surface area contributed by atoms with Crippen molar-refractivity contribution < 1.29 is 14.9 Å². The van der Waals surface area contributed by atoms with E-state index in [4.69, 9.17) is 9.84 Å². The third-order valence-corrected chi connectivity index (χ3v) is 3.18. The molecule has 94 valence electrons. The Bertz CT molecular complexity index is 525. The lowest BCUT2D eigenvalue weighted by atomic mass is 10.2. The SMILES string of the molecule is O=c1[nH][14c](=O)n([C@H]2C[C@H](O)[C@@H](CO)O2)cc1Br. The van der Waals surface area contributed by atoms with Crippen molar-refractivity contribution >= 4 is 15.9 Å². The van der Waals surface area contributed by atoms with Crippen molar-refractivity contribution in [1.29, 1.82) is 0 Å². The van der Waals surface area contributed by atoms with Crippen LogP contribution in [0.1, 0.15) is 12.6 Å². The zero-order chi connectivity index (χ0) is 12.6. The smallest absolute Gasteiger partial charge is 0.330 e. The number of ether oxygens (including phenoxy) is 1. The van der Waals surface area contributed by atoms with Gasteiger partial charge in [0.15, 0.2) is 0 Å². The summed E-state index contributed by atoms with van der Waals surface area (Å²) in [5, 5.41) is 18.5. The van der Waals surface area contributed by atoms with E-state index in [0.717, 1.165) is 0 Å². The van der Waals surface area contributed by atoms with E-state index in [9.17, 15) is 14.7 Å². The van der Waals surface area contributed by atoms with Crippen molar-refractivity contribution in [3.05, 3.63) is 31.5 Å². The monoisotopic (exact) mass is 308 g/mol. The zero-order valence-electron chi connectivity index (χ0n) is 8.67. The van der Waals surface area contributed by atoms with Gasteiger partial charge in [0.25, 0.3) is 5.56 Å². The van der Waals surface area contributed by atoms with Gasteiger partial charge in [0.2, 0.25) is 0 Å². The van der Waals surface area contributed by atoms with Gasteiger partial charge in [-0.15, -0.1) is 0 Å². The minimum atomic E-state index is -0.831. The number of rotatable bonds is 2. The van der Waals surface area contributed by atoms with Gasteiger partial charge >= 0.3 is 5.69 Å². The Morgan fingerprint density at radius 1 is 1.71 bits per heavy atom. The van der Waals surface area contributed by atoms with Crippen LogP contribution in [0.5, 0.6) is 0 Å². The predicted molar refractivity (Wildman–Crippen MR) is 60.6 cm³/mol. The number of nitrogens with one attached hydrogen (secondary N) is 1. The van der Waals surface area contributed by atoms with Gasteiger partial charge in [0.05, 0.1) is 17.2 Å². The van der Waals surface area contributed by atoms with Crippen molar-refractivity contribution in [3.63, 3.8) is 0 Å². The lowest BCUT2D eigenvalue weighted by molar-refractivity contribution is -0.0459. The van der Waals surface area contributed by atoms with E-state index in [1.807, 2.05) is 0 Å². The van der Waals surface area contributed by atoms with Crippen LogP contribution in [0, 0.1) is 0 Å². The molecule has 0 aromatic carbocycles. The van der Waals surface area contributed by atoms with Crippen LogP contribution in [0.4, 0.5) is 0 Å². The largest absolute Gasteiger partial charge is 0.394 e. The van der Waals surface area contributed by atoms with Gasteiger partial charge in [-0.3, -0.25) is 14.3 Å². The highest BCUT2D eigenvalue weighted by molar-refractivity contribution is 9.10. The van der Waals surface area contributed by atoms with Crippen LogP contribution in [0.15, 0.2) is 20.3 Å². The predicted octanol–water partition coefficient (Wildman–Crippen LogP) is -1.06. The molecule has 3 atom stereocenters. The molecule has 1 fully saturated rings. The molecule has 0 unspecified atom stereocenters. The van der Waals surface area contributed by atoms with Crippen molar-refractivity contribution in [3.8, 4) is 0 Å². The Kier molecular flexibility index (Phi) is 3.48. The number of aliphatic hydroxyl groups excluding tert-OH is 2. The molecule has 17 heavy (non-hydrogen) atoms. The molecular formula is C9H11BrN2O5. The Balaban J connectivity index is 2.34. The minimum Gasteiger partial charge on any atom is -0.394 e. The molecule has 1 saturated heterocycles. The van der Waals surface area contributed by atoms with E-state index in [1.165, 1.54) is 10.8 Å². The first-order chi connectivity index (χ1) is 8.02. The van der Waals surface area contributed by atoms with E-state index >= 15 is 0 Å². The third-order valence-electron chi connectivity index (χ3n) is 2.62. The lowest BCUT2D eigenvalue weighted by Crippen LogP contribution is -2.32. The average Bonchev–Trinajstić information content (AvgIpc) is 2.65. The Morgan fingerprint density at radius 2 is 2.41 bits per heavy atom. The molecule has 0 aliphatic carbocycles. The van der Waals surface area contributed by atoms with Gasteiger partial charge in [0, 0.05) is 12.6 Å². The summed E-state index contributed by atoms with van der Waals surface area (Å²) in [5.41, 5.74) is -1.14. The standard InChI is InChI=1S/C9H11BrN2O5/c10-4-2-12(9(16)11-8(4)15)7-1-5(14)6(3-13)17-7/h2,5-7,13-14H,1,3H2,(H,11,15,16)/t5-,6+,7+/m0/s1/i9+2. The first kappa shape index (κ1) is 12.5. The summed E-state index contributed by atoms with van der Waals surface area (Å²) in [6.45, 7) is -0.322. The average molecular weight is 309 g/mol. The van der Waals surface area contributed by atoms with E-state index in [-0.39, 0.29) is 17.5 Å². The van der Waals surface area contributed by atoms with Crippen LogP contribution in [0.2, 0.25) is 0 Å². The number of aromatic amines is 1. The maximum atomic E-state index is 11.5. The van der Waals surface area contributed by atoms with Crippen molar-refractivity contribution in [2.75, 3.05) is 6.61 Å². The summed E-state index contributed by atoms with van der Waals surface area (Å²) < 4.78 is 6.67. The van der Waals surface area contributed by atoms with E-state index in [0.29, 0.717) is 0 Å². The second-order valence-corrected chi connectivity index (χ2v) is 4.61. The summed E-state index contributed by atoms with van der Waals surface area (Å²) in [6.07, 6.45) is -0.745. The van der Waals surface area contributed by atoms with Crippen LogP contribution in [-0.2, 0) is 4.74 Å². The van der Waals surface area contributed by atoms with Gasteiger partial charge in [-0.05, 0) is 15.9 Å². The Labute approximate surface area is 104 Å². The molecule has 8 heteroatoms. The van der Waals surface area contributed by atoms with Gasteiger partial charge in [-0.2, -0.15) is 0 Å². The third kappa shape index (κ3) is 2.34. The Hall–Kier alpha value is -0.960. The quantitative estimate of drug-likeness (QED) is 0.646. The zero-order valence-corrected chi connectivity index (χ0v) is 10.3. The molecule has 2 rings (SSSR count). The number of nitrogens with zero attached hydrogens (tertiary/aromatic N) is 1. The van der Waals surface area contributed by atoms with Crippen LogP contribution < -0.4 is 11.2 Å². The molecule has 0 radical (unpaired) electrons.